The third kappa shape index (κ3) is 3.28. The Morgan fingerprint density at radius 1 is 1.71 bits per heavy atom. The molecule has 1 aromatic rings. The zero-order chi connectivity index (χ0) is 15.8. The maximum absolute atomic E-state index is 13.7. The van der Waals surface area contributed by atoms with Crippen LogP contribution >= 0.6 is 27.3 Å². The van der Waals surface area contributed by atoms with Crippen LogP contribution in [0.3, 0.4) is 0 Å². The number of thiophene rings is 1. The van der Waals surface area contributed by atoms with Crippen molar-refractivity contribution in [3.63, 3.8) is 0 Å². The van der Waals surface area contributed by atoms with Crippen LogP contribution in [0.4, 0.5) is 14.5 Å². The maximum Gasteiger partial charge on any atom is 0.416 e. The fraction of sp³-hybridized carbons (Fsp3) is 0.545. The number of ether oxygens (including phenoxy) is 2. The van der Waals surface area contributed by atoms with Gasteiger partial charge in [-0.2, -0.15) is 8.78 Å². The molecule has 1 aliphatic heterocycles. The average molecular weight is 387 g/mol. The number of halogens is 3. The molecule has 1 aromatic heterocycles. The van der Waals surface area contributed by atoms with E-state index in [1.165, 1.54) is 12.0 Å². The van der Waals surface area contributed by atoms with Crippen LogP contribution in [0.5, 0.6) is 5.75 Å². The quantitative estimate of drug-likeness (QED) is 0.761. The third-order valence-corrected chi connectivity index (χ3v) is 4.58. The van der Waals surface area contributed by atoms with Crippen molar-refractivity contribution in [3.8, 4) is 5.75 Å². The zero-order valence-corrected chi connectivity index (χ0v) is 13.3. The van der Waals surface area contributed by atoms with Gasteiger partial charge in [-0.1, -0.05) is 0 Å². The van der Waals surface area contributed by atoms with Gasteiger partial charge in [0.25, 0.3) is 0 Å². The summed E-state index contributed by atoms with van der Waals surface area (Å²) in [7, 11) is 1.20. The second kappa shape index (κ2) is 6.03. The Kier molecular flexibility index (Phi) is 4.71. The molecule has 0 saturated heterocycles. The molecule has 0 bridgehead atoms. The van der Waals surface area contributed by atoms with Gasteiger partial charge < -0.3 is 25.2 Å². The Labute approximate surface area is 131 Å². The summed E-state index contributed by atoms with van der Waals surface area (Å²) in [6, 6.07) is -0.726. The molecule has 0 unspecified atom stereocenters. The van der Waals surface area contributed by atoms with Crippen molar-refractivity contribution < 1.29 is 28.2 Å². The Morgan fingerprint density at radius 2 is 2.38 bits per heavy atom. The summed E-state index contributed by atoms with van der Waals surface area (Å²) in [5, 5.41) is 9.00. The van der Waals surface area contributed by atoms with Crippen molar-refractivity contribution in [2.24, 2.45) is 5.73 Å². The number of methoxy groups -OCH3 is 1. The van der Waals surface area contributed by atoms with E-state index in [9.17, 15) is 13.6 Å². The molecule has 2 rings (SSSR count). The van der Waals surface area contributed by atoms with E-state index < -0.39 is 24.7 Å². The lowest BCUT2D eigenvalue weighted by Crippen LogP contribution is -2.50. The van der Waals surface area contributed by atoms with E-state index in [0.717, 1.165) is 11.3 Å². The lowest BCUT2D eigenvalue weighted by atomic mass is 10.2. The first-order valence-corrected chi connectivity index (χ1v) is 7.49. The number of carbonyl (C=O) groups excluding carboxylic acids is 1. The van der Waals surface area contributed by atoms with Gasteiger partial charge in [-0.25, -0.2) is 4.79 Å². The van der Waals surface area contributed by atoms with Crippen molar-refractivity contribution in [1.29, 1.82) is 0 Å². The van der Waals surface area contributed by atoms with E-state index in [2.05, 4.69) is 25.4 Å². The van der Waals surface area contributed by atoms with Crippen molar-refractivity contribution >= 4 is 38.9 Å². The second-order valence-corrected chi connectivity index (χ2v) is 6.78. The highest BCUT2D eigenvalue weighted by Crippen LogP contribution is 2.50. The van der Waals surface area contributed by atoms with Gasteiger partial charge in [0.1, 0.15) is 20.9 Å². The second-order valence-electron chi connectivity index (χ2n) is 4.44. The molecule has 0 aliphatic carbocycles. The Balaban J connectivity index is 2.48. The molecule has 1 atom stereocenters. The topological polar surface area (TPSA) is 85.0 Å². The van der Waals surface area contributed by atoms with E-state index in [-0.39, 0.29) is 33.3 Å². The predicted molar refractivity (Wildman–Crippen MR) is 76.2 cm³/mol. The summed E-state index contributed by atoms with van der Waals surface area (Å²) < 4.78 is 36.9. The maximum atomic E-state index is 13.7. The van der Waals surface area contributed by atoms with Gasteiger partial charge in [0.05, 0.1) is 13.7 Å². The van der Waals surface area contributed by atoms with Gasteiger partial charge in [0.15, 0.2) is 5.75 Å². The Bertz CT molecular complexity index is 555. The number of aliphatic hydroxyl groups excluding tert-OH is 1. The molecule has 2 heterocycles. The molecule has 1 aliphatic rings. The molecule has 6 nitrogen and oxygen atoms in total. The lowest BCUT2D eigenvalue weighted by molar-refractivity contribution is -0.172. The van der Waals surface area contributed by atoms with Gasteiger partial charge in [0, 0.05) is 12.6 Å². The summed E-state index contributed by atoms with van der Waals surface area (Å²) in [5.41, 5.74) is 5.82. The van der Waals surface area contributed by atoms with Gasteiger partial charge >= 0.3 is 12.1 Å². The van der Waals surface area contributed by atoms with Crippen LogP contribution in [0.15, 0.2) is 3.79 Å². The minimum atomic E-state index is -3.42. The summed E-state index contributed by atoms with van der Waals surface area (Å²) >= 11 is 4.05. The van der Waals surface area contributed by atoms with E-state index in [1.54, 1.807) is 0 Å². The number of fused-ring (bicyclic) bond motifs is 1. The van der Waals surface area contributed by atoms with E-state index >= 15 is 0 Å². The minimum absolute atomic E-state index is 0.0460. The highest BCUT2D eigenvalue weighted by atomic mass is 79.9. The molecule has 0 radical (unpaired) electrons. The van der Waals surface area contributed by atoms with Crippen LogP contribution in [-0.4, -0.2) is 50.0 Å². The highest BCUT2D eigenvalue weighted by molar-refractivity contribution is 9.11. The number of hydrogen-bond donors (Lipinski definition) is 2. The fourth-order valence-corrected chi connectivity index (χ4v) is 3.62. The molecule has 0 amide bonds. The molecule has 0 spiro atoms. The van der Waals surface area contributed by atoms with Crippen LogP contribution in [0, 0.1) is 0 Å². The average Bonchev–Trinajstić information content (AvgIpc) is 2.74. The largest absolute Gasteiger partial charge is 0.465 e. The number of nitrogens with zero attached hydrogens (tertiary/aromatic N) is 1. The molecule has 118 valence electrons. The van der Waals surface area contributed by atoms with Crippen molar-refractivity contribution in [3.05, 3.63) is 8.66 Å². The van der Waals surface area contributed by atoms with Crippen LogP contribution in [-0.2, 0) is 4.74 Å². The Hall–Kier alpha value is -0.970. The number of esters is 1. The van der Waals surface area contributed by atoms with Gasteiger partial charge in [0.2, 0.25) is 0 Å². The van der Waals surface area contributed by atoms with Gasteiger partial charge in [-0.3, -0.25) is 0 Å². The molecular weight excluding hydrogens is 374 g/mol. The first-order chi connectivity index (χ1) is 9.79. The first kappa shape index (κ1) is 16.4. The number of rotatable bonds is 4. The number of alkyl halides is 2. The highest BCUT2D eigenvalue weighted by Gasteiger charge is 2.45. The number of carbonyl (C=O) groups is 1. The first-order valence-electron chi connectivity index (χ1n) is 5.88. The van der Waals surface area contributed by atoms with Crippen LogP contribution in [0.25, 0.3) is 0 Å². The molecule has 21 heavy (non-hydrogen) atoms. The summed E-state index contributed by atoms with van der Waals surface area (Å²) in [5.74, 6) is -0.778. The monoisotopic (exact) mass is 386 g/mol. The molecule has 0 fully saturated rings. The van der Waals surface area contributed by atoms with Gasteiger partial charge in [-0.15, -0.1) is 11.3 Å². The van der Waals surface area contributed by atoms with Crippen LogP contribution in [0.1, 0.15) is 9.67 Å². The standard InChI is InChI=1S/C11H13BrF2N2O4S/c1-19-10(18)8-6-7(9(12)21-8)20-11(13,14)4-16(6)2-5(15)3-17/h5,17H,2-4,15H2,1H3/t5-/m1/s1. The van der Waals surface area contributed by atoms with E-state index in [4.69, 9.17) is 10.8 Å². The molecule has 10 heteroatoms. The molecular formula is C11H13BrF2N2O4S. The molecule has 0 saturated carbocycles. The number of anilines is 1. The lowest BCUT2D eigenvalue weighted by Gasteiger charge is -2.35. The SMILES string of the molecule is COC(=O)c1sc(Br)c2c1N(C[C@@H](N)CO)CC(F)(F)O2. The smallest absolute Gasteiger partial charge is 0.416 e. The summed E-state index contributed by atoms with van der Waals surface area (Å²) in [6.07, 6.45) is -3.42. The van der Waals surface area contributed by atoms with Crippen molar-refractivity contribution in [1.82, 2.24) is 0 Å². The zero-order valence-electron chi connectivity index (χ0n) is 10.9. The van der Waals surface area contributed by atoms with Crippen LogP contribution in [0.2, 0.25) is 0 Å². The van der Waals surface area contributed by atoms with E-state index in [0.29, 0.717) is 0 Å². The fourth-order valence-electron chi connectivity index (χ4n) is 1.97. The molecule has 3 N–H and O–H groups in total. The number of aliphatic hydroxyl groups is 1. The summed E-state index contributed by atoms with van der Waals surface area (Å²) in [6.45, 7) is -1.17. The van der Waals surface area contributed by atoms with E-state index in [1.807, 2.05) is 0 Å². The van der Waals surface area contributed by atoms with Crippen molar-refractivity contribution in [2.45, 2.75) is 12.2 Å². The minimum Gasteiger partial charge on any atom is -0.465 e. The Morgan fingerprint density at radius 3 is 2.95 bits per heavy atom. The van der Waals surface area contributed by atoms with Gasteiger partial charge in [-0.05, 0) is 15.9 Å². The molecule has 0 aromatic carbocycles. The normalized spacial score (nSPS) is 17.9. The number of nitrogens with two attached hydrogens (primary N) is 1. The van der Waals surface area contributed by atoms with Crippen LogP contribution < -0.4 is 15.4 Å². The van der Waals surface area contributed by atoms with Crippen molar-refractivity contribution in [2.75, 3.05) is 31.7 Å². The summed E-state index contributed by atoms with van der Waals surface area (Å²) in [4.78, 5) is 13.1. The number of hydrogen-bond acceptors (Lipinski definition) is 7. The predicted octanol–water partition coefficient (Wildman–Crippen LogP) is 1.41. The third-order valence-electron chi connectivity index (χ3n) is 2.80.